The van der Waals surface area contributed by atoms with E-state index in [-0.39, 0.29) is 12.7 Å². The summed E-state index contributed by atoms with van der Waals surface area (Å²) in [5.41, 5.74) is 2.45. The van der Waals surface area contributed by atoms with Crippen LogP contribution in [0.4, 0.5) is 0 Å². The van der Waals surface area contributed by atoms with Crippen LogP contribution in [0.1, 0.15) is 25.0 Å². The molecule has 0 spiro atoms. The molecule has 0 bridgehead atoms. The molecule has 2 unspecified atom stereocenters. The molecule has 3 rings (SSSR count). The van der Waals surface area contributed by atoms with Crippen LogP contribution in [0.25, 0.3) is 0 Å². The second kappa shape index (κ2) is 10.5. The summed E-state index contributed by atoms with van der Waals surface area (Å²) in [4.78, 5) is 0. The van der Waals surface area contributed by atoms with Crippen LogP contribution in [-0.2, 0) is 11.2 Å². The number of rotatable bonds is 12. The van der Waals surface area contributed by atoms with Crippen molar-refractivity contribution in [2.45, 2.75) is 32.5 Å². The Hall–Kier alpha value is -2.08. The van der Waals surface area contributed by atoms with Crippen LogP contribution in [0, 0.1) is 5.92 Å². The minimum absolute atomic E-state index is 0.276. The highest BCUT2D eigenvalue weighted by Gasteiger charge is 2.22. The quantitative estimate of drug-likeness (QED) is 0.550. The fraction of sp³-hybridized carbons (Fsp3) is 0.478. The van der Waals surface area contributed by atoms with Gasteiger partial charge in [-0.1, -0.05) is 38.1 Å². The van der Waals surface area contributed by atoms with Gasteiger partial charge in [0, 0.05) is 6.54 Å². The molecule has 0 amide bonds. The molecular formula is C23H31NO4. The Balaban J connectivity index is 1.39. The first-order valence-corrected chi connectivity index (χ1v) is 10.0. The van der Waals surface area contributed by atoms with Crippen molar-refractivity contribution in [2.75, 3.05) is 32.9 Å². The first-order valence-electron chi connectivity index (χ1n) is 10.0. The largest absolute Gasteiger partial charge is 0.491 e. The maximum Gasteiger partial charge on any atom is 0.119 e. The number of hydrogen-bond acceptors (Lipinski definition) is 5. The molecule has 2 N–H and O–H groups in total. The van der Waals surface area contributed by atoms with Crippen molar-refractivity contribution in [3.8, 4) is 11.5 Å². The van der Waals surface area contributed by atoms with E-state index in [4.69, 9.17) is 14.2 Å². The number of aliphatic hydroxyl groups is 1. The summed E-state index contributed by atoms with van der Waals surface area (Å²) >= 11 is 0. The van der Waals surface area contributed by atoms with Crippen LogP contribution >= 0.6 is 0 Å². The van der Waals surface area contributed by atoms with Gasteiger partial charge in [-0.05, 0) is 54.3 Å². The lowest BCUT2D eigenvalue weighted by atomic mass is 10.0. The third-order valence-electron chi connectivity index (χ3n) is 4.47. The minimum atomic E-state index is -0.509. The Morgan fingerprint density at radius 2 is 1.54 bits per heavy atom. The van der Waals surface area contributed by atoms with Crippen LogP contribution in [0.5, 0.6) is 11.5 Å². The van der Waals surface area contributed by atoms with Gasteiger partial charge in [-0.2, -0.15) is 0 Å². The summed E-state index contributed by atoms with van der Waals surface area (Å²) in [6, 6.07) is 16.2. The molecule has 5 heteroatoms. The zero-order chi connectivity index (χ0) is 19.8. The first kappa shape index (κ1) is 20.6. The van der Waals surface area contributed by atoms with Crippen LogP contribution in [0.2, 0.25) is 0 Å². The average molecular weight is 386 g/mol. The molecule has 2 aromatic carbocycles. The molecule has 152 valence electrons. The van der Waals surface area contributed by atoms with Crippen LogP contribution < -0.4 is 14.8 Å². The van der Waals surface area contributed by atoms with Crippen molar-refractivity contribution in [3.05, 3.63) is 59.7 Å². The van der Waals surface area contributed by atoms with E-state index >= 15 is 0 Å². The van der Waals surface area contributed by atoms with Crippen LogP contribution in [0.3, 0.4) is 0 Å². The fourth-order valence-electron chi connectivity index (χ4n) is 2.79. The maximum absolute atomic E-state index is 9.96. The Morgan fingerprint density at radius 1 is 0.964 bits per heavy atom. The van der Waals surface area contributed by atoms with Crippen molar-refractivity contribution >= 4 is 0 Å². The molecule has 0 aromatic heterocycles. The highest BCUT2D eigenvalue weighted by molar-refractivity contribution is 5.34. The topological polar surface area (TPSA) is 63.2 Å². The number of hydrogen-bond donors (Lipinski definition) is 2. The number of aliphatic hydroxyl groups excluding tert-OH is 1. The van der Waals surface area contributed by atoms with Gasteiger partial charge in [-0.3, -0.25) is 0 Å². The normalized spacial score (nSPS) is 16.8. The molecule has 1 fully saturated rings. The first-order chi connectivity index (χ1) is 13.6. The zero-order valence-corrected chi connectivity index (χ0v) is 16.8. The molecule has 1 saturated heterocycles. The third-order valence-corrected chi connectivity index (χ3v) is 4.47. The van der Waals surface area contributed by atoms with E-state index < -0.39 is 6.10 Å². The van der Waals surface area contributed by atoms with Gasteiger partial charge in [0.25, 0.3) is 0 Å². The molecule has 0 saturated carbocycles. The SMILES string of the molecule is CC(C)CNCC(O)COc1ccc(Cc2ccc(OCC3CO3)cc2)cc1. The zero-order valence-electron chi connectivity index (χ0n) is 16.8. The molecule has 0 radical (unpaired) electrons. The number of epoxide rings is 1. The Morgan fingerprint density at radius 3 is 2.07 bits per heavy atom. The molecule has 2 atom stereocenters. The van der Waals surface area contributed by atoms with Crippen molar-refractivity contribution < 1.29 is 19.3 Å². The number of ether oxygens (including phenoxy) is 3. The molecule has 1 aliphatic heterocycles. The third kappa shape index (κ3) is 7.50. The summed E-state index contributed by atoms with van der Waals surface area (Å²) in [6.07, 6.45) is 0.622. The van der Waals surface area contributed by atoms with E-state index in [1.807, 2.05) is 24.3 Å². The monoisotopic (exact) mass is 385 g/mol. The van der Waals surface area contributed by atoms with Crippen LogP contribution in [0.15, 0.2) is 48.5 Å². The summed E-state index contributed by atoms with van der Waals surface area (Å²) in [5, 5.41) is 13.2. The molecule has 0 aliphatic carbocycles. The highest BCUT2D eigenvalue weighted by atomic mass is 16.6. The van der Waals surface area contributed by atoms with Crippen molar-refractivity contribution in [1.29, 1.82) is 0 Å². The summed E-state index contributed by atoms with van der Waals surface area (Å²) in [7, 11) is 0. The van der Waals surface area contributed by atoms with E-state index in [1.165, 1.54) is 11.1 Å². The van der Waals surface area contributed by atoms with E-state index in [1.54, 1.807) is 0 Å². The van der Waals surface area contributed by atoms with Gasteiger partial charge in [-0.15, -0.1) is 0 Å². The van der Waals surface area contributed by atoms with Crippen LogP contribution in [-0.4, -0.2) is 50.2 Å². The van der Waals surface area contributed by atoms with Gasteiger partial charge >= 0.3 is 0 Å². The van der Waals surface area contributed by atoms with Crippen molar-refractivity contribution in [2.24, 2.45) is 5.92 Å². The van der Waals surface area contributed by atoms with Gasteiger partial charge in [0.05, 0.1) is 6.61 Å². The van der Waals surface area contributed by atoms with E-state index in [9.17, 15) is 5.11 Å². The van der Waals surface area contributed by atoms with Gasteiger partial charge < -0.3 is 24.6 Å². The van der Waals surface area contributed by atoms with E-state index in [0.29, 0.717) is 19.1 Å². The summed E-state index contributed by atoms with van der Waals surface area (Å²) < 4.78 is 16.5. The van der Waals surface area contributed by atoms with Gasteiger partial charge in [0.1, 0.15) is 36.9 Å². The average Bonchev–Trinajstić information content (AvgIpc) is 3.51. The lowest BCUT2D eigenvalue weighted by Crippen LogP contribution is -2.33. The van der Waals surface area contributed by atoms with Gasteiger partial charge in [0.15, 0.2) is 0 Å². The molecule has 2 aromatic rings. The Bertz CT molecular complexity index is 696. The highest BCUT2D eigenvalue weighted by Crippen LogP contribution is 2.19. The van der Waals surface area contributed by atoms with E-state index in [0.717, 1.165) is 31.1 Å². The van der Waals surface area contributed by atoms with Gasteiger partial charge in [0.2, 0.25) is 0 Å². The van der Waals surface area contributed by atoms with E-state index in [2.05, 4.69) is 43.4 Å². The summed E-state index contributed by atoms with van der Waals surface area (Å²) in [5.74, 6) is 2.23. The van der Waals surface area contributed by atoms with Gasteiger partial charge in [-0.25, -0.2) is 0 Å². The lowest BCUT2D eigenvalue weighted by Gasteiger charge is -2.14. The predicted octanol–water partition coefficient (Wildman–Crippen LogP) is 3.04. The predicted molar refractivity (Wildman–Crippen MR) is 110 cm³/mol. The molecule has 5 nitrogen and oxygen atoms in total. The number of nitrogens with one attached hydrogen (secondary N) is 1. The number of benzene rings is 2. The molecule has 1 aliphatic rings. The maximum atomic E-state index is 9.96. The Labute approximate surface area is 167 Å². The lowest BCUT2D eigenvalue weighted by molar-refractivity contribution is 0.106. The molecule has 1 heterocycles. The van der Waals surface area contributed by atoms with Crippen molar-refractivity contribution in [3.63, 3.8) is 0 Å². The Kier molecular flexibility index (Phi) is 7.71. The standard InChI is InChI=1S/C23H31NO4/c1-17(2)12-24-13-20(25)14-26-21-7-3-18(4-8-21)11-19-5-9-22(10-6-19)27-15-23-16-28-23/h3-10,17,20,23-25H,11-16H2,1-2H3. The molecule has 28 heavy (non-hydrogen) atoms. The van der Waals surface area contributed by atoms with Crippen molar-refractivity contribution in [1.82, 2.24) is 5.32 Å². The molecular weight excluding hydrogens is 354 g/mol. The second-order valence-electron chi connectivity index (χ2n) is 7.75. The fourth-order valence-corrected chi connectivity index (χ4v) is 2.79. The summed E-state index contributed by atoms with van der Waals surface area (Å²) in [6.45, 7) is 7.46. The second-order valence-corrected chi connectivity index (χ2v) is 7.75. The smallest absolute Gasteiger partial charge is 0.119 e. The minimum Gasteiger partial charge on any atom is -0.491 e.